The third-order valence-corrected chi connectivity index (χ3v) is 6.11. The highest BCUT2D eigenvalue weighted by Gasteiger charge is 2.36. The smallest absolute Gasteiger partial charge is 0.253 e. The van der Waals surface area contributed by atoms with Gasteiger partial charge >= 0.3 is 0 Å². The summed E-state index contributed by atoms with van der Waals surface area (Å²) < 4.78 is 0. The Kier molecular flexibility index (Phi) is 11.1. The van der Waals surface area contributed by atoms with Crippen LogP contribution in [-0.4, -0.2) is 75.5 Å². The van der Waals surface area contributed by atoms with Crippen molar-refractivity contribution in [2.24, 2.45) is 10.9 Å². The van der Waals surface area contributed by atoms with Gasteiger partial charge in [0.25, 0.3) is 5.91 Å². The number of nitrogens with zero attached hydrogens (tertiary/aromatic N) is 3. The maximum Gasteiger partial charge on any atom is 0.253 e. The molecule has 0 heterocycles. The predicted octanol–water partition coefficient (Wildman–Crippen LogP) is 3.22. The molecular weight excluding hydrogens is 489 g/mol. The molecule has 2 N–H and O–H groups in total. The second-order valence-electron chi connectivity index (χ2n) is 8.82. The van der Waals surface area contributed by atoms with E-state index in [1.54, 1.807) is 19.0 Å². The van der Waals surface area contributed by atoms with Crippen LogP contribution in [0.25, 0.3) is 0 Å². The van der Waals surface area contributed by atoms with E-state index in [0.717, 1.165) is 42.5 Å². The molecule has 1 aromatic carbocycles. The monoisotopic (exact) mass is 529 g/mol. The van der Waals surface area contributed by atoms with Gasteiger partial charge in [-0.2, -0.15) is 0 Å². The van der Waals surface area contributed by atoms with Gasteiger partial charge in [-0.3, -0.25) is 9.79 Å². The highest BCUT2D eigenvalue weighted by atomic mass is 127. The van der Waals surface area contributed by atoms with Gasteiger partial charge in [0.15, 0.2) is 5.96 Å². The molecule has 1 aromatic rings. The number of halogens is 1. The number of aliphatic imine (C=N–C) groups is 1. The maximum absolute atomic E-state index is 12.1. The fourth-order valence-corrected chi connectivity index (χ4v) is 4.27. The number of nitrogens with one attached hydrogen (secondary N) is 2. The van der Waals surface area contributed by atoms with Crippen LogP contribution in [0.5, 0.6) is 0 Å². The summed E-state index contributed by atoms with van der Waals surface area (Å²) in [5.41, 5.74) is 2.07. The molecule has 0 spiro atoms. The number of rotatable bonds is 7. The van der Waals surface area contributed by atoms with Gasteiger partial charge in [-0.05, 0) is 57.0 Å². The van der Waals surface area contributed by atoms with Gasteiger partial charge in [-0.1, -0.05) is 31.9 Å². The molecule has 170 valence electrons. The average Bonchev–Trinajstić information content (AvgIpc) is 2.70. The number of carbonyl (C=O) groups excluding carboxylic acids is 1. The van der Waals surface area contributed by atoms with Crippen LogP contribution in [0.15, 0.2) is 29.3 Å². The molecule has 1 aliphatic carbocycles. The van der Waals surface area contributed by atoms with Crippen LogP contribution in [0.3, 0.4) is 0 Å². The predicted molar refractivity (Wildman–Crippen MR) is 137 cm³/mol. The number of hydrogen-bond acceptors (Lipinski definition) is 3. The number of carbonyl (C=O) groups is 1. The fraction of sp³-hybridized carbons (Fsp3) is 0.652. The summed E-state index contributed by atoms with van der Waals surface area (Å²) in [6.45, 7) is 4.03. The normalized spacial score (nSPS) is 21.7. The van der Waals surface area contributed by atoms with Crippen molar-refractivity contribution in [1.29, 1.82) is 0 Å². The van der Waals surface area contributed by atoms with E-state index in [1.807, 2.05) is 25.2 Å². The quantitative estimate of drug-likeness (QED) is 0.324. The Hall–Kier alpha value is -1.35. The zero-order valence-corrected chi connectivity index (χ0v) is 21.8. The molecule has 0 saturated heterocycles. The molecule has 2 unspecified atom stereocenters. The Morgan fingerprint density at radius 2 is 1.97 bits per heavy atom. The Morgan fingerprint density at radius 3 is 2.57 bits per heavy atom. The summed E-state index contributed by atoms with van der Waals surface area (Å²) >= 11 is 0. The Labute approximate surface area is 199 Å². The van der Waals surface area contributed by atoms with Crippen molar-refractivity contribution < 1.29 is 4.79 Å². The van der Waals surface area contributed by atoms with E-state index in [4.69, 9.17) is 0 Å². The molecule has 2 atom stereocenters. The van der Waals surface area contributed by atoms with Crippen molar-refractivity contribution in [3.05, 3.63) is 35.4 Å². The average molecular weight is 530 g/mol. The molecule has 30 heavy (non-hydrogen) atoms. The van der Waals surface area contributed by atoms with Gasteiger partial charge in [0.2, 0.25) is 0 Å². The molecule has 2 rings (SSSR count). The largest absolute Gasteiger partial charge is 0.356 e. The fourth-order valence-electron chi connectivity index (χ4n) is 4.27. The zero-order chi connectivity index (χ0) is 21.4. The summed E-state index contributed by atoms with van der Waals surface area (Å²) in [6, 6.07) is 7.86. The van der Waals surface area contributed by atoms with E-state index < -0.39 is 0 Å². The van der Waals surface area contributed by atoms with Crippen LogP contribution in [0.2, 0.25) is 0 Å². The first-order chi connectivity index (χ1) is 13.8. The minimum atomic E-state index is 0. The number of benzene rings is 1. The molecule has 1 fully saturated rings. The van der Waals surface area contributed by atoms with Crippen molar-refractivity contribution in [3.8, 4) is 0 Å². The van der Waals surface area contributed by atoms with Crippen LogP contribution in [0.1, 0.15) is 48.5 Å². The highest BCUT2D eigenvalue weighted by molar-refractivity contribution is 14.0. The molecular formula is C23H40IN5O. The molecule has 1 amide bonds. The third-order valence-electron chi connectivity index (χ3n) is 6.11. The van der Waals surface area contributed by atoms with Crippen LogP contribution in [-0.2, 0) is 6.42 Å². The lowest BCUT2D eigenvalue weighted by molar-refractivity contribution is 0.0795. The van der Waals surface area contributed by atoms with E-state index in [2.05, 4.69) is 47.6 Å². The van der Waals surface area contributed by atoms with Crippen molar-refractivity contribution in [3.63, 3.8) is 0 Å². The Morgan fingerprint density at radius 1 is 1.23 bits per heavy atom. The van der Waals surface area contributed by atoms with Gasteiger partial charge in [0.1, 0.15) is 0 Å². The summed E-state index contributed by atoms with van der Waals surface area (Å²) in [4.78, 5) is 20.5. The topological polar surface area (TPSA) is 60.0 Å². The van der Waals surface area contributed by atoms with Crippen LogP contribution in [0.4, 0.5) is 0 Å². The SMILES string of the molecule is CN=C(NCCc1cccc(C(=O)N(C)C)c1)NCC1(N(C)C)CCCC(C)C1.I. The lowest BCUT2D eigenvalue weighted by Gasteiger charge is -2.45. The van der Waals surface area contributed by atoms with Gasteiger partial charge in [0.05, 0.1) is 0 Å². The van der Waals surface area contributed by atoms with Crippen LogP contribution >= 0.6 is 24.0 Å². The second-order valence-corrected chi connectivity index (χ2v) is 8.82. The van der Waals surface area contributed by atoms with Crippen molar-refractivity contribution in [2.75, 3.05) is 48.3 Å². The molecule has 7 heteroatoms. The second kappa shape index (κ2) is 12.5. The van der Waals surface area contributed by atoms with E-state index in [-0.39, 0.29) is 35.4 Å². The first-order valence-electron chi connectivity index (χ1n) is 10.7. The van der Waals surface area contributed by atoms with Crippen molar-refractivity contribution >= 4 is 35.8 Å². The molecule has 0 aromatic heterocycles. The van der Waals surface area contributed by atoms with Gasteiger partial charge in [-0.25, -0.2) is 0 Å². The van der Waals surface area contributed by atoms with E-state index in [0.29, 0.717) is 0 Å². The lowest BCUT2D eigenvalue weighted by Crippen LogP contribution is -2.56. The van der Waals surface area contributed by atoms with Crippen molar-refractivity contribution in [2.45, 2.75) is 44.6 Å². The zero-order valence-electron chi connectivity index (χ0n) is 19.5. The Balaban J connectivity index is 0.00000450. The molecule has 0 aliphatic heterocycles. The summed E-state index contributed by atoms with van der Waals surface area (Å²) in [5.74, 6) is 1.64. The van der Waals surface area contributed by atoms with Gasteiger partial charge in [0, 0.05) is 45.3 Å². The van der Waals surface area contributed by atoms with Crippen molar-refractivity contribution in [1.82, 2.24) is 20.4 Å². The summed E-state index contributed by atoms with van der Waals surface area (Å²) in [7, 11) is 9.76. The first kappa shape index (κ1) is 26.7. The standard InChI is InChI=1S/C23H39N5O.HI/c1-18-9-8-13-23(16-18,28(5)6)17-26-22(24-2)25-14-12-19-10-7-11-20(15-19)21(29)27(3)4;/h7,10-11,15,18H,8-9,12-14,16-17H2,1-6H3,(H2,24,25,26);1H. The molecule has 0 radical (unpaired) electrons. The first-order valence-corrected chi connectivity index (χ1v) is 10.7. The molecule has 6 nitrogen and oxygen atoms in total. The lowest BCUT2D eigenvalue weighted by atomic mass is 9.75. The Bertz CT molecular complexity index is 707. The van der Waals surface area contributed by atoms with E-state index in [9.17, 15) is 4.79 Å². The third kappa shape index (κ3) is 7.41. The molecule has 1 aliphatic rings. The number of guanidine groups is 1. The minimum absolute atomic E-state index is 0. The molecule has 1 saturated carbocycles. The summed E-state index contributed by atoms with van der Waals surface area (Å²) in [6.07, 6.45) is 5.90. The van der Waals surface area contributed by atoms with E-state index >= 15 is 0 Å². The number of likely N-dealkylation sites (N-methyl/N-ethyl adjacent to an activating group) is 1. The molecule has 0 bridgehead atoms. The van der Waals surface area contributed by atoms with Crippen LogP contribution < -0.4 is 10.6 Å². The maximum atomic E-state index is 12.1. The minimum Gasteiger partial charge on any atom is -0.356 e. The van der Waals surface area contributed by atoms with Crippen LogP contribution in [0, 0.1) is 5.92 Å². The highest BCUT2D eigenvalue weighted by Crippen LogP contribution is 2.35. The number of hydrogen-bond donors (Lipinski definition) is 2. The number of amides is 1. The van der Waals surface area contributed by atoms with Gasteiger partial charge in [-0.15, -0.1) is 24.0 Å². The summed E-state index contributed by atoms with van der Waals surface area (Å²) in [5, 5.41) is 6.97. The van der Waals surface area contributed by atoms with E-state index in [1.165, 1.54) is 25.7 Å². The van der Waals surface area contributed by atoms with Gasteiger partial charge < -0.3 is 20.4 Å².